The van der Waals surface area contributed by atoms with Gasteiger partial charge >= 0.3 is 5.97 Å². The standard InChI is InChI=1S/C15H15NO2S/c1-15(2,14(17)18)19-13-6-4-3-5-12(13)11-7-9-16-10-8-11/h3-10H,1-2H3,(H,17,18). The van der Waals surface area contributed by atoms with E-state index in [9.17, 15) is 9.90 Å². The molecular weight excluding hydrogens is 258 g/mol. The van der Waals surface area contributed by atoms with Gasteiger partial charge in [-0.25, -0.2) is 0 Å². The third-order valence-electron chi connectivity index (χ3n) is 2.76. The number of hydrogen-bond donors (Lipinski definition) is 1. The quantitative estimate of drug-likeness (QED) is 0.863. The van der Waals surface area contributed by atoms with E-state index < -0.39 is 10.7 Å². The van der Waals surface area contributed by atoms with Gasteiger partial charge in [-0.15, -0.1) is 11.8 Å². The summed E-state index contributed by atoms with van der Waals surface area (Å²) in [5.74, 6) is -0.818. The van der Waals surface area contributed by atoms with Crippen molar-refractivity contribution in [3.8, 4) is 11.1 Å². The second-order valence-corrected chi connectivity index (χ2v) is 6.31. The number of thioether (sulfide) groups is 1. The number of aliphatic carboxylic acids is 1. The number of carboxylic acid groups (broad SMARTS) is 1. The van der Waals surface area contributed by atoms with E-state index in [1.807, 2.05) is 36.4 Å². The molecule has 0 fully saturated rings. The third kappa shape index (κ3) is 3.15. The highest BCUT2D eigenvalue weighted by atomic mass is 32.2. The third-order valence-corrected chi connectivity index (χ3v) is 4.02. The molecule has 4 heteroatoms. The Morgan fingerprint density at radius 1 is 1.16 bits per heavy atom. The van der Waals surface area contributed by atoms with Crippen LogP contribution >= 0.6 is 11.8 Å². The highest BCUT2D eigenvalue weighted by molar-refractivity contribution is 8.01. The number of carbonyl (C=O) groups is 1. The average molecular weight is 273 g/mol. The summed E-state index contributed by atoms with van der Waals surface area (Å²) in [6, 6.07) is 11.7. The van der Waals surface area contributed by atoms with E-state index in [-0.39, 0.29) is 0 Å². The largest absolute Gasteiger partial charge is 0.480 e. The molecule has 0 unspecified atom stereocenters. The zero-order valence-corrected chi connectivity index (χ0v) is 11.6. The Hall–Kier alpha value is -1.81. The molecule has 0 amide bonds. The Morgan fingerprint density at radius 3 is 2.42 bits per heavy atom. The predicted molar refractivity (Wildman–Crippen MR) is 77.2 cm³/mol. The van der Waals surface area contributed by atoms with Crippen LogP contribution in [0.2, 0.25) is 0 Å². The number of pyridine rings is 1. The maximum atomic E-state index is 11.2. The molecule has 0 aliphatic heterocycles. The van der Waals surface area contributed by atoms with Crippen LogP contribution in [0.3, 0.4) is 0 Å². The van der Waals surface area contributed by atoms with Crippen molar-refractivity contribution >= 4 is 17.7 Å². The van der Waals surface area contributed by atoms with Gasteiger partial charge in [-0.2, -0.15) is 0 Å². The van der Waals surface area contributed by atoms with Crippen LogP contribution in [0.4, 0.5) is 0 Å². The minimum absolute atomic E-state index is 0.818. The molecule has 0 radical (unpaired) electrons. The Labute approximate surface area is 116 Å². The number of carboxylic acids is 1. The number of aromatic nitrogens is 1. The molecular formula is C15H15NO2S. The van der Waals surface area contributed by atoms with Gasteiger partial charge in [0.25, 0.3) is 0 Å². The lowest BCUT2D eigenvalue weighted by atomic mass is 10.1. The molecule has 19 heavy (non-hydrogen) atoms. The maximum absolute atomic E-state index is 11.2. The summed E-state index contributed by atoms with van der Waals surface area (Å²) in [5.41, 5.74) is 2.07. The lowest BCUT2D eigenvalue weighted by molar-refractivity contribution is -0.138. The van der Waals surface area contributed by atoms with Gasteiger partial charge < -0.3 is 5.11 Å². The molecule has 0 saturated carbocycles. The fraction of sp³-hybridized carbons (Fsp3) is 0.200. The summed E-state index contributed by atoms with van der Waals surface area (Å²) in [5, 5.41) is 9.23. The van der Waals surface area contributed by atoms with Crippen molar-refractivity contribution in [2.45, 2.75) is 23.5 Å². The number of nitrogens with zero attached hydrogens (tertiary/aromatic N) is 1. The summed E-state index contributed by atoms with van der Waals surface area (Å²) in [6.07, 6.45) is 3.47. The van der Waals surface area contributed by atoms with E-state index in [1.54, 1.807) is 26.2 Å². The zero-order chi connectivity index (χ0) is 13.9. The van der Waals surface area contributed by atoms with E-state index in [0.29, 0.717) is 0 Å². The van der Waals surface area contributed by atoms with Crippen molar-refractivity contribution < 1.29 is 9.90 Å². The first-order valence-corrected chi connectivity index (χ1v) is 6.74. The second kappa shape index (κ2) is 5.45. The first-order chi connectivity index (χ1) is 9.00. The monoisotopic (exact) mass is 273 g/mol. The van der Waals surface area contributed by atoms with Crippen molar-refractivity contribution in [1.82, 2.24) is 4.98 Å². The van der Waals surface area contributed by atoms with E-state index in [2.05, 4.69) is 4.98 Å². The van der Waals surface area contributed by atoms with Crippen LogP contribution in [0.1, 0.15) is 13.8 Å². The molecule has 98 valence electrons. The molecule has 0 atom stereocenters. The van der Waals surface area contributed by atoms with Crippen molar-refractivity contribution in [3.63, 3.8) is 0 Å². The van der Waals surface area contributed by atoms with Crippen LogP contribution in [-0.4, -0.2) is 20.8 Å². The van der Waals surface area contributed by atoms with Gasteiger partial charge in [-0.05, 0) is 43.2 Å². The normalized spacial score (nSPS) is 11.3. The molecule has 2 aromatic rings. The van der Waals surface area contributed by atoms with Gasteiger partial charge in [-0.1, -0.05) is 18.2 Å². The van der Waals surface area contributed by atoms with Crippen molar-refractivity contribution in [3.05, 3.63) is 48.8 Å². The predicted octanol–water partition coefficient (Wildman–Crippen LogP) is 3.70. The van der Waals surface area contributed by atoms with E-state index in [4.69, 9.17) is 0 Å². The van der Waals surface area contributed by atoms with Gasteiger partial charge in [0, 0.05) is 17.3 Å². The molecule has 0 spiro atoms. The molecule has 0 aliphatic carbocycles. The fourth-order valence-corrected chi connectivity index (χ4v) is 2.72. The fourth-order valence-electron chi connectivity index (χ4n) is 1.64. The van der Waals surface area contributed by atoms with Gasteiger partial charge in [0.2, 0.25) is 0 Å². The van der Waals surface area contributed by atoms with Crippen LogP contribution in [-0.2, 0) is 4.79 Å². The minimum Gasteiger partial charge on any atom is -0.480 e. The summed E-state index contributed by atoms with van der Waals surface area (Å²) in [7, 11) is 0. The van der Waals surface area contributed by atoms with E-state index in [1.165, 1.54) is 11.8 Å². The lowest BCUT2D eigenvalue weighted by Crippen LogP contribution is -2.26. The highest BCUT2D eigenvalue weighted by Crippen LogP contribution is 2.38. The van der Waals surface area contributed by atoms with Gasteiger partial charge in [0.1, 0.15) is 4.75 Å². The molecule has 1 heterocycles. The first kappa shape index (κ1) is 13.6. The number of benzene rings is 1. The molecule has 1 N–H and O–H groups in total. The summed E-state index contributed by atoms with van der Waals surface area (Å²) < 4.78 is -0.858. The van der Waals surface area contributed by atoms with Gasteiger partial charge in [-0.3, -0.25) is 9.78 Å². The molecule has 0 saturated heterocycles. The van der Waals surface area contributed by atoms with Crippen LogP contribution in [0.25, 0.3) is 11.1 Å². The van der Waals surface area contributed by atoms with E-state index >= 15 is 0 Å². The number of hydrogen-bond acceptors (Lipinski definition) is 3. The zero-order valence-electron chi connectivity index (χ0n) is 10.8. The molecule has 1 aromatic heterocycles. The summed E-state index contributed by atoms with van der Waals surface area (Å²) >= 11 is 1.36. The van der Waals surface area contributed by atoms with Crippen molar-refractivity contribution in [2.75, 3.05) is 0 Å². The summed E-state index contributed by atoms with van der Waals surface area (Å²) in [4.78, 5) is 16.2. The van der Waals surface area contributed by atoms with Crippen molar-refractivity contribution in [1.29, 1.82) is 0 Å². The van der Waals surface area contributed by atoms with Crippen LogP contribution in [0, 0.1) is 0 Å². The average Bonchev–Trinajstić information content (AvgIpc) is 2.40. The minimum atomic E-state index is -0.858. The molecule has 1 aromatic carbocycles. The van der Waals surface area contributed by atoms with Crippen LogP contribution < -0.4 is 0 Å². The van der Waals surface area contributed by atoms with Crippen LogP contribution in [0.15, 0.2) is 53.7 Å². The number of rotatable bonds is 4. The Morgan fingerprint density at radius 2 is 1.79 bits per heavy atom. The highest BCUT2D eigenvalue weighted by Gasteiger charge is 2.29. The molecule has 2 rings (SSSR count). The van der Waals surface area contributed by atoms with E-state index in [0.717, 1.165) is 16.0 Å². The first-order valence-electron chi connectivity index (χ1n) is 5.92. The van der Waals surface area contributed by atoms with Crippen LogP contribution in [0.5, 0.6) is 0 Å². The Bertz CT molecular complexity index is 582. The van der Waals surface area contributed by atoms with Gasteiger partial charge in [0.15, 0.2) is 0 Å². The molecule has 3 nitrogen and oxygen atoms in total. The Kier molecular flexibility index (Phi) is 3.90. The Balaban J connectivity index is 2.40. The van der Waals surface area contributed by atoms with Crippen molar-refractivity contribution in [2.24, 2.45) is 0 Å². The SMILES string of the molecule is CC(C)(Sc1ccccc1-c1ccncc1)C(=O)O. The smallest absolute Gasteiger partial charge is 0.319 e. The lowest BCUT2D eigenvalue weighted by Gasteiger charge is -2.20. The topological polar surface area (TPSA) is 50.2 Å². The molecule has 0 aliphatic rings. The van der Waals surface area contributed by atoms with Gasteiger partial charge in [0.05, 0.1) is 0 Å². The maximum Gasteiger partial charge on any atom is 0.319 e. The molecule has 0 bridgehead atoms. The second-order valence-electron chi connectivity index (χ2n) is 4.65. The summed E-state index contributed by atoms with van der Waals surface area (Å²) in [6.45, 7) is 3.42.